The number of likely N-dealkylation sites (tertiary alicyclic amines) is 1. The molecule has 0 saturated carbocycles. The van der Waals surface area contributed by atoms with Gasteiger partial charge in [0.1, 0.15) is 0 Å². The molecule has 0 aromatic rings. The third-order valence-electron chi connectivity index (χ3n) is 4.63. The van der Waals surface area contributed by atoms with E-state index in [2.05, 4.69) is 30.6 Å². The number of likely N-dealkylation sites (N-methyl/N-ethyl adjacent to an activating group) is 1. The van der Waals surface area contributed by atoms with Gasteiger partial charge in [-0.2, -0.15) is 0 Å². The van der Waals surface area contributed by atoms with E-state index in [9.17, 15) is 0 Å². The first-order valence-corrected chi connectivity index (χ1v) is 7.39. The number of hydrogen-bond acceptors (Lipinski definition) is 3. The quantitative estimate of drug-likeness (QED) is 0.705. The number of hydrogen-bond donors (Lipinski definition) is 1. The average Bonchev–Trinajstić information content (AvgIpc) is 2.88. The lowest BCUT2D eigenvalue weighted by Crippen LogP contribution is -2.54. The van der Waals surface area contributed by atoms with Crippen molar-refractivity contribution in [3.63, 3.8) is 0 Å². The van der Waals surface area contributed by atoms with Gasteiger partial charge in [0.15, 0.2) is 0 Å². The van der Waals surface area contributed by atoms with E-state index in [1.807, 2.05) is 0 Å². The van der Waals surface area contributed by atoms with E-state index >= 15 is 0 Å². The van der Waals surface area contributed by atoms with Crippen molar-refractivity contribution in [1.82, 2.24) is 9.80 Å². The summed E-state index contributed by atoms with van der Waals surface area (Å²) in [5.74, 6) is 0. The Balaban J connectivity index is 2.49. The van der Waals surface area contributed by atoms with Crippen molar-refractivity contribution in [2.24, 2.45) is 5.73 Å². The first-order chi connectivity index (χ1) is 8.22. The zero-order valence-corrected chi connectivity index (χ0v) is 12.0. The highest BCUT2D eigenvalue weighted by molar-refractivity contribution is 4.89. The molecule has 0 aromatic carbocycles. The summed E-state index contributed by atoms with van der Waals surface area (Å²) in [6, 6.07) is 0. The Labute approximate surface area is 107 Å². The van der Waals surface area contributed by atoms with E-state index in [0.29, 0.717) is 0 Å². The molecule has 1 aliphatic rings. The normalized spacial score (nSPS) is 18.2. The SMILES string of the molecule is CCN(CCN1CCCC1)C(CC)(CC)CN. The second kappa shape index (κ2) is 7.34. The first-order valence-electron chi connectivity index (χ1n) is 7.39. The lowest BCUT2D eigenvalue weighted by Gasteiger charge is -2.42. The summed E-state index contributed by atoms with van der Waals surface area (Å²) in [4.78, 5) is 5.20. The third-order valence-corrected chi connectivity index (χ3v) is 4.63. The molecule has 17 heavy (non-hydrogen) atoms. The van der Waals surface area contributed by atoms with Crippen LogP contribution in [0.25, 0.3) is 0 Å². The maximum atomic E-state index is 6.03. The van der Waals surface area contributed by atoms with Crippen molar-refractivity contribution in [3.05, 3.63) is 0 Å². The number of rotatable bonds is 8. The topological polar surface area (TPSA) is 32.5 Å². The predicted molar refractivity (Wildman–Crippen MR) is 75.3 cm³/mol. The van der Waals surface area contributed by atoms with Crippen LogP contribution in [0.2, 0.25) is 0 Å². The van der Waals surface area contributed by atoms with Crippen molar-refractivity contribution in [2.45, 2.75) is 52.0 Å². The summed E-state index contributed by atoms with van der Waals surface area (Å²) in [7, 11) is 0. The molecule has 3 heteroatoms. The zero-order chi connectivity index (χ0) is 12.7. The highest BCUT2D eigenvalue weighted by Gasteiger charge is 2.31. The molecule has 1 heterocycles. The Morgan fingerprint density at radius 3 is 2.12 bits per heavy atom. The molecule has 102 valence electrons. The fraction of sp³-hybridized carbons (Fsp3) is 1.00. The van der Waals surface area contributed by atoms with Gasteiger partial charge in [0, 0.05) is 25.2 Å². The van der Waals surface area contributed by atoms with Crippen molar-refractivity contribution in [3.8, 4) is 0 Å². The fourth-order valence-corrected chi connectivity index (χ4v) is 3.11. The van der Waals surface area contributed by atoms with Crippen LogP contribution in [0, 0.1) is 0 Å². The minimum absolute atomic E-state index is 0.231. The summed E-state index contributed by atoms with van der Waals surface area (Å²) in [6.45, 7) is 13.7. The average molecular weight is 241 g/mol. The molecule has 1 fully saturated rings. The van der Waals surface area contributed by atoms with Crippen LogP contribution in [0.1, 0.15) is 46.5 Å². The molecular weight excluding hydrogens is 210 g/mol. The number of nitrogens with two attached hydrogens (primary N) is 1. The van der Waals surface area contributed by atoms with Crippen molar-refractivity contribution < 1.29 is 0 Å². The van der Waals surface area contributed by atoms with Gasteiger partial charge in [-0.3, -0.25) is 4.90 Å². The molecule has 1 aliphatic heterocycles. The molecule has 0 unspecified atom stereocenters. The predicted octanol–water partition coefficient (Wildman–Crippen LogP) is 1.92. The second-order valence-corrected chi connectivity index (χ2v) is 5.26. The molecule has 0 bridgehead atoms. The lowest BCUT2D eigenvalue weighted by atomic mass is 9.90. The van der Waals surface area contributed by atoms with Crippen LogP contribution in [-0.4, -0.2) is 54.6 Å². The molecule has 0 aromatic heterocycles. The van der Waals surface area contributed by atoms with E-state index in [0.717, 1.165) is 25.9 Å². The van der Waals surface area contributed by atoms with Gasteiger partial charge in [-0.25, -0.2) is 0 Å². The minimum atomic E-state index is 0.231. The Morgan fingerprint density at radius 1 is 1.12 bits per heavy atom. The molecule has 2 N–H and O–H groups in total. The fourth-order valence-electron chi connectivity index (χ4n) is 3.11. The van der Waals surface area contributed by atoms with E-state index in [1.165, 1.54) is 39.0 Å². The van der Waals surface area contributed by atoms with E-state index < -0.39 is 0 Å². The van der Waals surface area contributed by atoms with Gasteiger partial charge in [0.25, 0.3) is 0 Å². The zero-order valence-electron chi connectivity index (χ0n) is 12.0. The Bertz CT molecular complexity index is 187. The van der Waals surface area contributed by atoms with Gasteiger partial charge in [-0.15, -0.1) is 0 Å². The highest BCUT2D eigenvalue weighted by atomic mass is 15.2. The van der Waals surface area contributed by atoms with Gasteiger partial charge in [-0.05, 0) is 45.3 Å². The first kappa shape index (κ1) is 14.9. The molecule has 3 nitrogen and oxygen atoms in total. The van der Waals surface area contributed by atoms with Gasteiger partial charge in [0.05, 0.1) is 0 Å². The highest BCUT2D eigenvalue weighted by Crippen LogP contribution is 2.22. The standard InChI is InChI=1S/C14H31N3/c1-4-14(5-2,13-15)17(6-3)12-11-16-9-7-8-10-16/h4-13,15H2,1-3H3. The summed E-state index contributed by atoms with van der Waals surface area (Å²) in [6.07, 6.45) is 5.09. The van der Waals surface area contributed by atoms with Crippen molar-refractivity contribution in [1.29, 1.82) is 0 Å². The van der Waals surface area contributed by atoms with Gasteiger partial charge >= 0.3 is 0 Å². The number of nitrogens with zero attached hydrogens (tertiary/aromatic N) is 2. The summed E-state index contributed by atoms with van der Waals surface area (Å²) in [5, 5.41) is 0. The Morgan fingerprint density at radius 2 is 1.71 bits per heavy atom. The largest absolute Gasteiger partial charge is 0.329 e. The van der Waals surface area contributed by atoms with Gasteiger partial charge in [0.2, 0.25) is 0 Å². The van der Waals surface area contributed by atoms with Crippen LogP contribution >= 0.6 is 0 Å². The van der Waals surface area contributed by atoms with Gasteiger partial charge in [-0.1, -0.05) is 20.8 Å². The maximum absolute atomic E-state index is 6.03. The summed E-state index contributed by atoms with van der Waals surface area (Å²) >= 11 is 0. The van der Waals surface area contributed by atoms with E-state index in [-0.39, 0.29) is 5.54 Å². The smallest absolute Gasteiger partial charge is 0.0326 e. The molecule has 0 aliphatic carbocycles. The van der Waals surface area contributed by atoms with Crippen LogP contribution in [-0.2, 0) is 0 Å². The monoisotopic (exact) mass is 241 g/mol. The molecule has 0 radical (unpaired) electrons. The van der Waals surface area contributed by atoms with Gasteiger partial charge < -0.3 is 10.6 Å². The van der Waals surface area contributed by atoms with Crippen LogP contribution in [0.4, 0.5) is 0 Å². The summed E-state index contributed by atoms with van der Waals surface area (Å²) < 4.78 is 0. The van der Waals surface area contributed by atoms with Crippen LogP contribution in [0.3, 0.4) is 0 Å². The van der Waals surface area contributed by atoms with E-state index in [1.54, 1.807) is 0 Å². The van der Waals surface area contributed by atoms with Crippen LogP contribution in [0.5, 0.6) is 0 Å². The van der Waals surface area contributed by atoms with Crippen LogP contribution in [0.15, 0.2) is 0 Å². The van der Waals surface area contributed by atoms with E-state index in [4.69, 9.17) is 5.73 Å². The molecule has 0 spiro atoms. The van der Waals surface area contributed by atoms with Crippen molar-refractivity contribution >= 4 is 0 Å². The van der Waals surface area contributed by atoms with Crippen LogP contribution < -0.4 is 5.73 Å². The maximum Gasteiger partial charge on any atom is 0.0326 e. The Kier molecular flexibility index (Phi) is 6.45. The molecular formula is C14H31N3. The summed E-state index contributed by atoms with van der Waals surface area (Å²) in [5.41, 5.74) is 6.26. The molecule has 0 atom stereocenters. The minimum Gasteiger partial charge on any atom is -0.329 e. The lowest BCUT2D eigenvalue weighted by molar-refractivity contribution is 0.0802. The van der Waals surface area contributed by atoms with Crippen molar-refractivity contribution in [2.75, 3.05) is 39.3 Å². The second-order valence-electron chi connectivity index (χ2n) is 5.26. The molecule has 1 rings (SSSR count). The molecule has 0 amide bonds. The Hall–Kier alpha value is -0.120. The molecule has 1 saturated heterocycles. The third kappa shape index (κ3) is 3.67.